The molecule has 0 saturated heterocycles. The quantitative estimate of drug-likeness (QED) is 0.216. The van der Waals surface area contributed by atoms with Crippen molar-refractivity contribution in [2.75, 3.05) is 58.0 Å². The normalized spacial score (nSPS) is 14.5. The SMILES string of the molecule is CCNC(=NCC(C)N1CCc2ccccc21)NCCCOCCOC.I. The number of guanidine groups is 1. The summed E-state index contributed by atoms with van der Waals surface area (Å²) in [5.74, 6) is 0.878. The maximum atomic E-state index is 5.48. The van der Waals surface area contributed by atoms with Crippen LogP contribution in [0.2, 0.25) is 0 Å². The van der Waals surface area contributed by atoms with Gasteiger partial charge in [0.05, 0.1) is 19.8 Å². The molecule has 2 N–H and O–H groups in total. The van der Waals surface area contributed by atoms with E-state index in [0.717, 1.165) is 51.6 Å². The van der Waals surface area contributed by atoms with Gasteiger partial charge in [-0.15, -0.1) is 24.0 Å². The molecule has 154 valence electrons. The molecule has 0 spiro atoms. The summed E-state index contributed by atoms with van der Waals surface area (Å²) in [7, 11) is 1.69. The van der Waals surface area contributed by atoms with Crippen molar-refractivity contribution in [2.24, 2.45) is 4.99 Å². The number of fused-ring (bicyclic) bond motifs is 1. The highest BCUT2D eigenvalue weighted by atomic mass is 127. The highest BCUT2D eigenvalue weighted by molar-refractivity contribution is 14.0. The molecule has 1 aliphatic rings. The van der Waals surface area contributed by atoms with Crippen molar-refractivity contribution in [1.82, 2.24) is 10.6 Å². The molecule has 1 aromatic carbocycles. The van der Waals surface area contributed by atoms with Gasteiger partial charge in [0.2, 0.25) is 0 Å². The molecule has 1 unspecified atom stereocenters. The van der Waals surface area contributed by atoms with Crippen molar-refractivity contribution in [1.29, 1.82) is 0 Å². The Morgan fingerprint density at radius 2 is 2.04 bits per heavy atom. The van der Waals surface area contributed by atoms with E-state index in [9.17, 15) is 0 Å². The smallest absolute Gasteiger partial charge is 0.191 e. The van der Waals surface area contributed by atoms with E-state index in [-0.39, 0.29) is 24.0 Å². The van der Waals surface area contributed by atoms with Crippen LogP contribution < -0.4 is 15.5 Å². The number of anilines is 1. The number of hydrogen-bond donors (Lipinski definition) is 2. The second-order valence-corrected chi connectivity index (χ2v) is 6.53. The minimum Gasteiger partial charge on any atom is -0.382 e. The summed E-state index contributed by atoms with van der Waals surface area (Å²) in [5, 5.41) is 6.70. The Labute approximate surface area is 181 Å². The number of methoxy groups -OCH3 is 1. The Balaban J connectivity index is 0.00000364. The molecule has 0 radical (unpaired) electrons. The number of ether oxygens (including phenoxy) is 2. The van der Waals surface area contributed by atoms with Gasteiger partial charge in [-0.1, -0.05) is 18.2 Å². The van der Waals surface area contributed by atoms with Crippen LogP contribution in [0, 0.1) is 0 Å². The van der Waals surface area contributed by atoms with Gasteiger partial charge in [0.1, 0.15) is 0 Å². The van der Waals surface area contributed by atoms with Gasteiger partial charge in [-0.25, -0.2) is 0 Å². The van der Waals surface area contributed by atoms with Crippen molar-refractivity contribution in [3.05, 3.63) is 29.8 Å². The maximum Gasteiger partial charge on any atom is 0.191 e. The summed E-state index contributed by atoms with van der Waals surface area (Å²) in [5.41, 5.74) is 2.81. The van der Waals surface area contributed by atoms with Crippen LogP contribution in [-0.2, 0) is 15.9 Å². The number of nitrogens with zero attached hydrogens (tertiary/aromatic N) is 2. The van der Waals surface area contributed by atoms with Crippen molar-refractivity contribution in [3.8, 4) is 0 Å². The molecule has 1 aliphatic heterocycles. The van der Waals surface area contributed by atoms with Gasteiger partial charge in [0, 0.05) is 45.1 Å². The molecule has 0 aliphatic carbocycles. The summed E-state index contributed by atoms with van der Waals surface area (Å²) in [6.07, 6.45) is 2.08. The second-order valence-electron chi connectivity index (χ2n) is 6.53. The average Bonchev–Trinajstić information content (AvgIpc) is 3.09. The van der Waals surface area contributed by atoms with Gasteiger partial charge < -0.3 is 25.0 Å². The molecule has 0 amide bonds. The number of halogens is 1. The van der Waals surface area contributed by atoms with E-state index in [1.54, 1.807) is 7.11 Å². The molecule has 0 fully saturated rings. The topological polar surface area (TPSA) is 58.1 Å². The molecule has 1 aromatic rings. The van der Waals surface area contributed by atoms with Crippen molar-refractivity contribution < 1.29 is 9.47 Å². The molecular formula is C20H35IN4O2. The number of nitrogens with one attached hydrogen (secondary N) is 2. The summed E-state index contributed by atoms with van der Waals surface area (Å²) in [6, 6.07) is 9.07. The zero-order chi connectivity index (χ0) is 18.6. The lowest BCUT2D eigenvalue weighted by Gasteiger charge is -2.26. The molecule has 1 atom stereocenters. The lowest BCUT2D eigenvalue weighted by Crippen LogP contribution is -2.40. The lowest BCUT2D eigenvalue weighted by molar-refractivity contribution is 0.0698. The Bertz CT molecular complexity index is 557. The molecule has 1 heterocycles. The van der Waals surface area contributed by atoms with Crippen LogP contribution in [-0.4, -0.2) is 65.1 Å². The molecule has 27 heavy (non-hydrogen) atoms. The van der Waals surface area contributed by atoms with Crippen LogP contribution in [0.1, 0.15) is 25.8 Å². The number of aliphatic imine (C=N–C) groups is 1. The fourth-order valence-electron chi connectivity index (χ4n) is 3.11. The first-order valence-electron chi connectivity index (χ1n) is 9.69. The van der Waals surface area contributed by atoms with Crippen molar-refractivity contribution in [3.63, 3.8) is 0 Å². The fourth-order valence-corrected chi connectivity index (χ4v) is 3.11. The third-order valence-corrected chi connectivity index (χ3v) is 4.50. The monoisotopic (exact) mass is 490 g/mol. The number of rotatable bonds is 11. The van der Waals surface area contributed by atoms with Gasteiger partial charge in [-0.2, -0.15) is 0 Å². The highest BCUT2D eigenvalue weighted by Crippen LogP contribution is 2.29. The second kappa shape index (κ2) is 14.0. The highest BCUT2D eigenvalue weighted by Gasteiger charge is 2.22. The molecule has 0 saturated carbocycles. The van der Waals surface area contributed by atoms with Gasteiger partial charge in [-0.3, -0.25) is 4.99 Å². The molecule has 7 heteroatoms. The van der Waals surface area contributed by atoms with E-state index in [1.165, 1.54) is 11.3 Å². The summed E-state index contributed by atoms with van der Waals surface area (Å²) in [6.45, 7) is 9.93. The van der Waals surface area contributed by atoms with E-state index in [0.29, 0.717) is 19.3 Å². The lowest BCUT2D eigenvalue weighted by atomic mass is 10.2. The molecule has 0 bridgehead atoms. The first-order valence-corrected chi connectivity index (χ1v) is 9.69. The standard InChI is InChI=1S/C20H34N4O2.HI/c1-4-21-20(22-11-7-13-26-15-14-25-3)23-16-17(2)24-12-10-18-8-5-6-9-19(18)24;/h5-6,8-9,17H,4,7,10-16H2,1-3H3,(H2,21,22,23);1H. The van der Waals surface area contributed by atoms with Crippen LogP contribution in [0.25, 0.3) is 0 Å². The predicted octanol–water partition coefficient (Wildman–Crippen LogP) is 2.66. The predicted molar refractivity (Wildman–Crippen MR) is 124 cm³/mol. The first kappa shape index (κ1) is 24.0. The van der Waals surface area contributed by atoms with Gasteiger partial charge in [-0.05, 0) is 38.3 Å². The first-order chi connectivity index (χ1) is 12.8. The fraction of sp³-hybridized carbons (Fsp3) is 0.650. The molecule has 6 nitrogen and oxygen atoms in total. The maximum absolute atomic E-state index is 5.48. The van der Waals surface area contributed by atoms with Crippen LogP contribution in [0.3, 0.4) is 0 Å². The average molecular weight is 490 g/mol. The Morgan fingerprint density at radius 1 is 1.22 bits per heavy atom. The summed E-state index contributed by atoms with van der Waals surface area (Å²) in [4.78, 5) is 7.23. The van der Waals surface area contributed by atoms with Crippen molar-refractivity contribution >= 4 is 35.6 Å². The molecule has 0 aromatic heterocycles. The Morgan fingerprint density at radius 3 is 2.81 bits per heavy atom. The van der Waals surface area contributed by atoms with E-state index in [2.05, 4.69) is 53.6 Å². The van der Waals surface area contributed by atoms with E-state index in [4.69, 9.17) is 14.5 Å². The minimum absolute atomic E-state index is 0. The van der Waals surface area contributed by atoms with Crippen molar-refractivity contribution in [2.45, 2.75) is 32.7 Å². The number of hydrogen-bond acceptors (Lipinski definition) is 4. The van der Waals surface area contributed by atoms with Crippen LogP contribution >= 0.6 is 24.0 Å². The van der Waals surface area contributed by atoms with Gasteiger partial charge in [0.25, 0.3) is 0 Å². The Hall–Kier alpha value is -1.06. The van der Waals surface area contributed by atoms with E-state index >= 15 is 0 Å². The van der Waals surface area contributed by atoms with E-state index < -0.39 is 0 Å². The van der Waals surface area contributed by atoms with Gasteiger partial charge in [0.15, 0.2) is 5.96 Å². The summed E-state index contributed by atoms with van der Waals surface area (Å²) >= 11 is 0. The Kier molecular flexibility index (Phi) is 12.4. The van der Waals surface area contributed by atoms with Crippen LogP contribution in [0.4, 0.5) is 5.69 Å². The number of para-hydroxylation sites is 1. The minimum atomic E-state index is 0. The summed E-state index contributed by atoms with van der Waals surface area (Å²) < 4.78 is 10.4. The zero-order valence-electron chi connectivity index (χ0n) is 16.9. The third kappa shape index (κ3) is 8.23. The van der Waals surface area contributed by atoms with Crippen LogP contribution in [0.5, 0.6) is 0 Å². The van der Waals surface area contributed by atoms with E-state index in [1.807, 2.05) is 0 Å². The molecule has 2 rings (SSSR count). The zero-order valence-corrected chi connectivity index (χ0v) is 19.2. The largest absolute Gasteiger partial charge is 0.382 e. The third-order valence-electron chi connectivity index (χ3n) is 4.50. The van der Waals surface area contributed by atoms with Gasteiger partial charge >= 0.3 is 0 Å². The van der Waals surface area contributed by atoms with Crippen LogP contribution in [0.15, 0.2) is 29.3 Å². The number of benzene rings is 1. The molecular weight excluding hydrogens is 455 g/mol.